The van der Waals surface area contributed by atoms with E-state index in [-0.39, 0.29) is 31.6 Å². The summed E-state index contributed by atoms with van der Waals surface area (Å²) in [6, 6.07) is 26.5. The van der Waals surface area contributed by atoms with E-state index in [1.807, 2.05) is 36.5 Å². The molecule has 0 amide bonds. The molecule has 4 nitrogen and oxygen atoms in total. The summed E-state index contributed by atoms with van der Waals surface area (Å²) in [4.78, 5) is 18.5. The van der Waals surface area contributed by atoms with E-state index in [0.717, 1.165) is 27.4 Å². The Morgan fingerprint density at radius 1 is 0.921 bits per heavy atom. The van der Waals surface area contributed by atoms with Crippen molar-refractivity contribution in [2.24, 2.45) is 0 Å². The molecule has 5 rings (SSSR count). The summed E-state index contributed by atoms with van der Waals surface area (Å²) < 4.78 is 0. The molecule has 1 heterocycles. The van der Waals surface area contributed by atoms with Crippen LogP contribution in [0.3, 0.4) is 0 Å². The van der Waals surface area contributed by atoms with Gasteiger partial charge in [-0.2, -0.15) is 0 Å². The van der Waals surface area contributed by atoms with Gasteiger partial charge in [0.15, 0.2) is 5.78 Å². The van der Waals surface area contributed by atoms with E-state index in [4.69, 9.17) is 16.7 Å². The monoisotopic (exact) mass is 694 g/mol. The normalized spacial score (nSPS) is 11.4. The fraction of sp³-hybridized carbons (Fsp3) is 0.156. The van der Waals surface area contributed by atoms with E-state index in [1.165, 1.54) is 41.3 Å². The molecule has 5 aromatic rings. The van der Waals surface area contributed by atoms with Crippen LogP contribution in [0.5, 0.6) is 0 Å². The van der Waals surface area contributed by atoms with Crippen molar-refractivity contribution in [1.29, 1.82) is 0 Å². The van der Waals surface area contributed by atoms with E-state index in [2.05, 4.69) is 67.0 Å². The number of aromatic nitrogens is 1. The van der Waals surface area contributed by atoms with Crippen molar-refractivity contribution in [3.63, 3.8) is 0 Å². The molecule has 0 fully saturated rings. The molecule has 0 aliphatic carbocycles. The Morgan fingerprint density at radius 3 is 2.21 bits per heavy atom. The van der Waals surface area contributed by atoms with Crippen LogP contribution < -0.4 is 5.19 Å². The molecule has 0 spiro atoms. The van der Waals surface area contributed by atoms with Gasteiger partial charge in [0.05, 0.1) is 20.4 Å². The number of allylic oxidation sites excluding steroid dienone is 2. The van der Waals surface area contributed by atoms with Gasteiger partial charge in [-0.25, -0.2) is 0 Å². The summed E-state index contributed by atoms with van der Waals surface area (Å²) in [7, 11) is -1.46. The molecular weight excluding hydrogens is 665 g/mol. The molecule has 0 unspecified atom stereocenters. The van der Waals surface area contributed by atoms with Crippen molar-refractivity contribution in [2.75, 3.05) is 0 Å². The number of hydrogen-bond donors (Lipinski definition) is 1. The molecule has 1 N–H and O–H groups in total. The van der Waals surface area contributed by atoms with Crippen LogP contribution in [0.4, 0.5) is 5.69 Å². The second-order valence-electron chi connectivity index (χ2n) is 10.1. The minimum Gasteiger partial charge on any atom is -0.512 e. The first-order chi connectivity index (χ1) is 17.6. The van der Waals surface area contributed by atoms with E-state index in [9.17, 15) is 4.79 Å². The largest absolute Gasteiger partial charge is 0.512 e. The number of hydrogen-bond acceptors (Lipinski definition) is 3. The van der Waals surface area contributed by atoms with Crippen LogP contribution >= 0.6 is 0 Å². The minimum absolute atomic E-state index is 0. The van der Waals surface area contributed by atoms with E-state index in [0.29, 0.717) is 5.69 Å². The first-order valence-corrected chi connectivity index (χ1v) is 15.6. The average molecular weight is 694 g/mol. The zero-order valence-corrected chi connectivity index (χ0v) is 25.5. The van der Waals surface area contributed by atoms with Crippen molar-refractivity contribution >= 4 is 57.0 Å². The number of fused-ring (bicyclic) bond motifs is 4. The van der Waals surface area contributed by atoms with Crippen LogP contribution in [0.1, 0.15) is 13.8 Å². The fourth-order valence-electron chi connectivity index (χ4n) is 4.62. The number of nitrogens with zero attached hydrogens (tertiary/aromatic N) is 2. The van der Waals surface area contributed by atoms with Gasteiger partial charge in [-0.15, -0.1) is 35.2 Å². The Morgan fingerprint density at radius 2 is 1.58 bits per heavy atom. The van der Waals surface area contributed by atoms with Crippen molar-refractivity contribution in [2.45, 2.75) is 33.5 Å². The number of benzene rings is 4. The second-order valence-corrected chi connectivity index (χ2v) is 15.1. The van der Waals surface area contributed by atoms with Gasteiger partial charge in [0.2, 0.25) is 0 Å². The summed E-state index contributed by atoms with van der Waals surface area (Å²) in [6.07, 6.45) is 3.04. The number of aliphatic hydroxyl groups excluding tert-OH is 1. The first kappa shape index (κ1) is 28.9. The number of carbonyl (C=O) groups excluding carboxylic acids is 1. The predicted octanol–water partition coefficient (Wildman–Crippen LogP) is 8.14. The summed E-state index contributed by atoms with van der Waals surface area (Å²) in [6.45, 7) is 17.6. The molecule has 6 heteroatoms. The third kappa shape index (κ3) is 6.08. The van der Waals surface area contributed by atoms with Crippen LogP contribution in [0.25, 0.3) is 48.4 Å². The van der Waals surface area contributed by atoms with Crippen LogP contribution in [-0.2, 0) is 24.9 Å². The fourth-order valence-corrected chi connectivity index (χ4v) is 6.24. The van der Waals surface area contributed by atoms with Crippen LogP contribution in [-0.4, -0.2) is 23.9 Å². The molecule has 0 saturated carbocycles. The van der Waals surface area contributed by atoms with E-state index >= 15 is 0 Å². The molecule has 4 aromatic carbocycles. The predicted molar refractivity (Wildman–Crippen MR) is 157 cm³/mol. The molecule has 0 aliphatic rings. The van der Waals surface area contributed by atoms with Gasteiger partial charge >= 0.3 is 0 Å². The summed E-state index contributed by atoms with van der Waals surface area (Å²) in [5, 5.41) is 16.6. The molecular formula is C32H29IrN2O2Si-. The summed E-state index contributed by atoms with van der Waals surface area (Å²) >= 11 is 0. The molecule has 1 aromatic heterocycles. The molecule has 193 valence electrons. The van der Waals surface area contributed by atoms with E-state index < -0.39 is 8.07 Å². The Labute approximate surface area is 238 Å². The molecule has 0 bridgehead atoms. The second kappa shape index (κ2) is 11.8. The maximum Gasteiger partial charge on any atom is 0.155 e. The molecule has 38 heavy (non-hydrogen) atoms. The number of pyridine rings is 1. The maximum absolute atomic E-state index is 10.0. The molecule has 1 radical (unpaired) electrons. The van der Waals surface area contributed by atoms with Gasteiger partial charge in [-0.1, -0.05) is 72.7 Å². The average Bonchev–Trinajstić information content (AvgIpc) is 2.86. The molecule has 0 saturated heterocycles. The SMILES string of the molecule is CC(=O)/C=C(/C)O.[C-]#[N+]c1cc(-c2nccc3c2ccc2c([Si](C)(C)C)cccc23)[c-]c2ccccc12.[Ir]. The van der Waals surface area contributed by atoms with Crippen molar-refractivity contribution in [3.8, 4) is 11.3 Å². The Kier molecular flexibility index (Phi) is 9.01. The number of rotatable bonds is 3. The van der Waals surface area contributed by atoms with Crippen molar-refractivity contribution in [1.82, 2.24) is 4.98 Å². The number of aliphatic hydroxyl groups is 1. The summed E-state index contributed by atoms with van der Waals surface area (Å²) in [5.74, 6) is -0.0625. The van der Waals surface area contributed by atoms with Crippen molar-refractivity contribution in [3.05, 3.63) is 102 Å². The number of carbonyl (C=O) groups is 1. The van der Waals surface area contributed by atoms with Gasteiger partial charge in [0, 0.05) is 38.1 Å². The van der Waals surface area contributed by atoms with E-state index in [1.54, 1.807) is 0 Å². The smallest absolute Gasteiger partial charge is 0.155 e. The number of ketones is 1. The van der Waals surface area contributed by atoms with Gasteiger partial charge in [0.1, 0.15) is 5.69 Å². The van der Waals surface area contributed by atoms with Gasteiger partial charge in [-0.05, 0) is 41.5 Å². The standard InChI is InChI=1S/C27H21N2Si.C5H8O2.Ir/c1-28-25-17-19(16-18-8-5-6-9-20(18)25)27-24-13-12-23-21(22(24)14-15-29-27)10-7-11-26(23)30(2,3)4;1-4(6)3-5(2)7;/h5-15,17H,2-4H3;3,6H,1-2H3;/q-1;;/b;4-3-;. The van der Waals surface area contributed by atoms with Gasteiger partial charge in [0.25, 0.3) is 0 Å². The molecule has 0 aliphatic heterocycles. The zero-order chi connectivity index (χ0) is 26.7. The summed E-state index contributed by atoms with van der Waals surface area (Å²) in [5.41, 5.74) is 2.38. The Balaban J connectivity index is 0.000000444. The topological polar surface area (TPSA) is 54.5 Å². The maximum atomic E-state index is 10.0. The first-order valence-electron chi connectivity index (χ1n) is 12.1. The third-order valence-electron chi connectivity index (χ3n) is 6.15. The Hall–Kier alpha value is -3.62. The third-order valence-corrected chi connectivity index (χ3v) is 8.20. The minimum atomic E-state index is -1.46. The van der Waals surface area contributed by atoms with Crippen molar-refractivity contribution < 1.29 is 30.0 Å². The molecule has 0 atom stereocenters. The zero-order valence-electron chi connectivity index (χ0n) is 22.1. The van der Waals surface area contributed by atoms with Gasteiger partial charge < -0.3 is 5.11 Å². The van der Waals surface area contributed by atoms with Crippen LogP contribution in [0, 0.1) is 12.6 Å². The quantitative estimate of drug-likeness (QED) is 0.0683. The Bertz CT molecular complexity index is 1730. The van der Waals surface area contributed by atoms with Crippen LogP contribution in [0.2, 0.25) is 19.6 Å². The van der Waals surface area contributed by atoms with Crippen LogP contribution in [0.15, 0.2) is 84.8 Å². The van der Waals surface area contributed by atoms with Gasteiger partial charge in [-0.3, -0.25) is 14.6 Å².